The Hall–Kier alpha value is -2.75. The predicted molar refractivity (Wildman–Crippen MR) is 100 cm³/mol. The highest BCUT2D eigenvalue weighted by atomic mass is 19.2. The first-order valence-electron chi connectivity index (χ1n) is 9.24. The van der Waals surface area contributed by atoms with Gasteiger partial charge in [-0.3, -0.25) is 18.7 Å². The Morgan fingerprint density at radius 1 is 1.10 bits per heavy atom. The number of likely N-dealkylation sites (tertiary alicyclic amines) is 2. The summed E-state index contributed by atoms with van der Waals surface area (Å²) in [6.07, 6.45) is 0. The lowest BCUT2D eigenvalue weighted by atomic mass is 9.93. The number of alkyl halides is 2. The number of hydrogen-bond donors (Lipinski definition) is 0. The fourth-order valence-corrected chi connectivity index (χ4v) is 4.30. The van der Waals surface area contributed by atoms with Crippen molar-refractivity contribution < 1.29 is 23.1 Å². The summed E-state index contributed by atoms with van der Waals surface area (Å²) in [5.74, 6) is -1.53. The highest BCUT2D eigenvalue weighted by molar-refractivity contribution is 5.99. The van der Waals surface area contributed by atoms with E-state index in [1.165, 1.54) is 28.4 Å². The maximum atomic E-state index is 15.4. The number of aryl methyl sites for hydroxylation is 2. The Labute approximate surface area is 165 Å². The Morgan fingerprint density at radius 2 is 1.79 bits per heavy atom. The molecule has 4 rings (SSSR count). The van der Waals surface area contributed by atoms with E-state index in [4.69, 9.17) is 4.74 Å². The van der Waals surface area contributed by atoms with E-state index in [1.54, 1.807) is 20.2 Å². The van der Waals surface area contributed by atoms with Crippen molar-refractivity contribution in [1.82, 2.24) is 18.9 Å². The number of nitrogens with zero attached hydrogens (tertiary/aromatic N) is 4. The lowest BCUT2D eigenvalue weighted by Gasteiger charge is -2.22. The van der Waals surface area contributed by atoms with Crippen molar-refractivity contribution in [2.75, 3.05) is 39.9 Å². The molecule has 0 bridgehead atoms. The van der Waals surface area contributed by atoms with E-state index in [0.29, 0.717) is 11.0 Å². The zero-order valence-electron chi connectivity index (χ0n) is 16.4. The zero-order chi connectivity index (χ0) is 21.1. The van der Waals surface area contributed by atoms with Crippen molar-refractivity contribution in [3.8, 4) is 0 Å². The van der Waals surface area contributed by atoms with Crippen LogP contribution in [0.3, 0.4) is 0 Å². The molecule has 2 fully saturated rings. The van der Waals surface area contributed by atoms with Crippen molar-refractivity contribution >= 4 is 22.8 Å². The van der Waals surface area contributed by atoms with Gasteiger partial charge in [-0.25, -0.2) is 13.6 Å². The van der Waals surface area contributed by atoms with Crippen LogP contribution in [0.25, 0.3) is 11.0 Å². The molecule has 0 aliphatic carbocycles. The Morgan fingerprint density at radius 3 is 2.45 bits per heavy atom. The second-order valence-electron chi connectivity index (χ2n) is 7.75. The highest BCUT2D eigenvalue weighted by Crippen LogP contribution is 2.45. The summed E-state index contributed by atoms with van der Waals surface area (Å²) < 4.78 is 38.5. The van der Waals surface area contributed by atoms with Gasteiger partial charge in [0.25, 0.3) is 11.8 Å². The Bertz CT molecular complexity index is 1080. The third kappa shape index (κ3) is 2.61. The third-order valence-corrected chi connectivity index (χ3v) is 6.00. The molecule has 1 aromatic heterocycles. The molecule has 2 aromatic rings. The Kier molecular flexibility index (Phi) is 4.30. The summed E-state index contributed by atoms with van der Waals surface area (Å²) in [5.41, 5.74) is -4.09. The number of rotatable bonds is 4. The van der Waals surface area contributed by atoms with Crippen LogP contribution in [0.4, 0.5) is 8.78 Å². The highest BCUT2D eigenvalue weighted by Gasteiger charge is 2.71. The van der Waals surface area contributed by atoms with Gasteiger partial charge in [0.1, 0.15) is 0 Å². The smallest absolute Gasteiger partial charge is 0.328 e. The minimum Gasteiger partial charge on any atom is -0.383 e. The number of imidazole rings is 1. The molecule has 3 heterocycles. The first kappa shape index (κ1) is 19.6. The second-order valence-corrected chi connectivity index (χ2v) is 7.75. The van der Waals surface area contributed by atoms with Crippen LogP contribution in [-0.4, -0.2) is 82.0 Å². The fourth-order valence-electron chi connectivity index (χ4n) is 4.30. The number of amides is 2. The van der Waals surface area contributed by atoms with E-state index in [1.807, 2.05) is 0 Å². The fraction of sp³-hybridized carbons (Fsp3) is 0.526. The van der Waals surface area contributed by atoms with Crippen molar-refractivity contribution in [2.45, 2.75) is 11.3 Å². The summed E-state index contributed by atoms with van der Waals surface area (Å²) in [6.45, 7) is -1.29. The summed E-state index contributed by atoms with van der Waals surface area (Å²) in [6, 6.07) is 4.66. The first-order chi connectivity index (χ1) is 13.6. The van der Waals surface area contributed by atoms with Gasteiger partial charge in [0, 0.05) is 33.3 Å². The molecule has 0 saturated carbocycles. The molecule has 0 radical (unpaired) electrons. The maximum absolute atomic E-state index is 15.4. The molecule has 2 aliphatic rings. The van der Waals surface area contributed by atoms with Crippen molar-refractivity contribution in [3.63, 3.8) is 0 Å². The average Bonchev–Trinajstić information content (AvgIpc) is 3.17. The number of carbonyl (C=O) groups is 2. The van der Waals surface area contributed by atoms with Crippen LogP contribution in [-0.2, 0) is 23.6 Å². The lowest BCUT2D eigenvalue weighted by molar-refractivity contribution is -0.139. The van der Waals surface area contributed by atoms with Crippen LogP contribution in [0, 0.1) is 0 Å². The number of hydrogen-bond acceptors (Lipinski definition) is 4. The molecule has 10 heteroatoms. The van der Waals surface area contributed by atoms with Gasteiger partial charge in [-0.1, -0.05) is 0 Å². The molecular formula is C19H22F2N4O4. The van der Waals surface area contributed by atoms with Crippen LogP contribution in [0.1, 0.15) is 10.4 Å². The van der Waals surface area contributed by atoms with E-state index in [9.17, 15) is 14.4 Å². The van der Waals surface area contributed by atoms with Gasteiger partial charge < -0.3 is 14.5 Å². The molecular weight excluding hydrogens is 386 g/mol. The first-order valence-corrected chi connectivity index (χ1v) is 9.24. The summed E-state index contributed by atoms with van der Waals surface area (Å²) in [5, 5.41) is 0. The van der Waals surface area contributed by atoms with Gasteiger partial charge in [0.15, 0.2) is 5.67 Å². The van der Waals surface area contributed by atoms with Crippen molar-refractivity contribution in [3.05, 3.63) is 34.2 Å². The largest absolute Gasteiger partial charge is 0.383 e. The molecule has 29 heavy (non-hydrogen) atoms. The van der Waals surface area contributed by atoms with Gasteiger partial charge in [0.05, 0.1) is 37.3 Å². The van der Waals surface area contributed by atoms with Gasteiger partial charge >= 0.3 is 5.69 Å². The number of carbonyl (C=O) groups excluding carboxylic acids is 2. The molecule has 2 atom stereocenters. The molecule has 8 nitrogen and oxygen atoms in total. The second kappa shape index (κ2) is 6.38. The van der Waals surface area contributed by atoms with Gasteiger partial charge in [-0.2, -0.15) is 0 Å². The molecule has 0 N–H and O–H groups in total. The minimum absolute atomic E-state index is 0.0966. The molecule has 2 amide bonds. The molecule has 156 valence electrons. The average molecular weight is 408 g/mol. The number of ether oxygens (including phenoxy) is 1. The van der Waals surface area contributed by atoms with Crippen LogP contribution in [0.15, 0.2) is 23.0 Å². The third-order valence-electron chi connectivity index (χ3n) is 6.00. The molecule has 2 aliphatic heterocycles. The monoisotopic (exact) mass is 408 g/mol. The van der Waals surface area contributed by atoms with Gasteiger partial charge in [-0.15, -0.1) is 0 Å². The van der Waals surface area contributed by atoms with Gasteiger partial charge in [-0.05, 0) is 18.2 Å². The van der Waals surface area contributed by atoms with Crippen LogP contribution in [0.5, 0.6) is 0 Å². The van der Waals surface area contributed by atoms with E-state index < -0.39 is 42.8 Å². The number of aromatic nitrogens is 2. The predicted octanol–water partition coefficient (Wildman–Crippen LogP) is 0.238. The lowest BCUT2D eigenvalue weighted by Crippen LogP contribution is -2.47. The Balaban J connectivity index is 1.61. The summed E-state index contributed by atoms with van der Waals surface area (Å²) in [7, 11) is 4.64. The quantitative estimate of drug-likeness (QED) is 0.726. The van der Waals surface area contributed by atoms with E-state index in [-0.39, 0.29) is 24.4 Å². The SMILES string of the molecule is COCCN1C[C@@]2(F)CN(C(=O)c3ccc4c(c3)n(C)c(=O)n4C)C[C@@]2(F)C1=O. The molecule has 2 saturated heterocycles. The van der Waals surface area contributed by atoms with Crippen LogP contribution in [0.2, 0.25) is 0 Å². The van der Waals surface area contributed by atoms with Crippen molar-refractivity contribution in [2.24, 2.45) is 14.1 Å². The summed E-state index contributed by atoms with van der Waals surface area (Å²) >= 11 is 0. The number of benzene rings is 1. The van der Waals surface area contributed by atoms with Crippen LogP contribution >= 0.6 is 0 Å². The van der Waals surface area contributed by atoms with E-state index in [0.717, 1.165) is 9.80 Å². The number of methoxy groups -OCH3 is 1. The molecule has 0 unspecified atom stereocenters. The normalized spacial score (nSPS) is 26.6. The van der Waals surface area contributed by atoms with E-state index >= 15 is 8.78 Å². The number of halogens is 2. The zero-order valence-corrected chi connectivity index (χ0v) is 16.4. The van der Waals surface area contributed by atoms with Crippen LogP contribution < -0.4 is 5.69 Å². The van der Waals surface area contributed by atoms with Gasteiger partial charge in [0.2, 0.25) is 5.67 Å². The maximum Gasteiger partial charge on any atom is 0.328 e. The summed E-state index contributed by atoms with van der Waals surface area (Å²) in [4.78, 5) is 39.6. The van der Waals surface area contributed by atoms with Crippen molar-refractivity contribution in [1.29, 1.82) is 0 Å². The number of fused-ring (bicyclic) bond motifs is 2. The molecule has 0 spiro atoms. The topological polar surface area (TPSA) is 76.8 Å². The standard InChI is InChI=1S/C19H22F2N4O4/c1-22-13-5-4-12(8-14(13)23(2)17(22)28)15(26)25-10-18(20)9-24(6-7-29-3)16(27)19(18,21)11-25/h4-5,8H,6-7,9-11H2,1-3H3/t18-,19-/m1/s1. The molecule has 1 aromatic carbocycles. The van der Waals surface area contributed by atoms with E-state index in [2.05, 4.69) is 0 Å². The minimum atomic E-state index is -2.76.